The number of amides is 1. The van der Waals surface area contributed by atoms with Crippen LogP contribution in [0.2, 0.25) is 0 Å². The summed E-state index contributed by atoms with van der Waals surface area (Å²) in [5, 5.41) is 13.8. The SMILES string of the molecule is O=C(O)c1ccc(OCCNC(=O)C2CCCc3sccc32)cc1. The molecular weight excluding hydrogens is 326 g/mol. The molecule has 0 bridgehead atoms. The average Bonchev–Trinajstić information content (AvgIpc) is 3.07. The molecule has 0 radical (unpaired) electrons. The van der Waals surface area contributed by atoms with Crippen LogP contribution in [0.4, 0.5) is 0 Å². The van der Waals surface area contributed by atoms with Crippen molar-refractivity contribution in [3.8, 4) is 5.75 Å². The Balaban J connectivity index is 1.45. The number of carbonyl (C=O) groups is 2. The number of ether oxygens (including phenoxy) is 1. The summed E-state index contributed by atoms with van der Waals surface area (Å²) in [6.45, 7) is 0.775. The lowest BCUT2D eigenvalue weighted by Crippen LogP contribution is -2.33. The van der Waals surface area contributed by atoms with Crippen LogP contribution < -0.4 is 10.1 Å². The first-order valence-electron chi connectivity index (χ1n) is 7.95. The molecule has 3 rings (SSSR count). The molecule has 1 heterocycles. The summed E-state index contributed by atoms with van der Waals surface area (Å²) in [6, 6.07) is 8.28. The zero-order valence-corrected chi connectivity index (χ0v) is 14.0. The smallest absolute Gasteiger partial charge is 0.335 e. The second-order valence-electron chi connectivity index (χ2n) is 5.71. The van der Waals surface area contributed by atoms with E-state index in [1.165, 1.54) is 22.6 Å². The van der Waals surface area contributed by atoms with Gasteiger partial charge in [0.25, 0.3) is 0 Å². The average molecular weight is 345 g/mol. The molecule has 0 fully saturated rings. The van der Waals surface area contributed by atoms with Crippen molar-refractivity contribution < 1.29 is 19.4 Å². The summed E-state index contributed by atoms with van der Waals surface area (Å²) >= 11 is 1.73. The fourth-order valence-electron chi connectivity index (χ4n) is 2.92. The Morgan fingerprint density at radius 2 is 2.04 bits per heavy atom. The molecule has 2 N–H and O–H groups in total. The number of hydrogen-bond acceptors (Lipinski definition) is 4. The van der Waals surface area contributed by atoms with Crippen molar-refractivity contribution in [2.24, 2.45) is 0 Å². The van der Waals surface area contributed by atoms with E-state index < -0.39 is 5.97 Å². The Labute approximate surface area is 144 Å². The summed E-state index contributed by atoms with van der Waals surface area (Å²) in [4.78, 5) is 24.5. The summed E-state index contributed by atoms with van der Waals surface area (Å²) in [7, 11) is 0. The molecular formula is C18H19NO4S. The van der Waals surface area contributed by atoms with Crippen LogP contribution in [0, 0.1) is 0 Å². The molecule has 5 nitrogen and oxygen atoms in total. The first kappa shape index (κ1) is 16.5. The maximum absolute atomic E-state index is 12.4. The summed E-state index contributed by atoms with van der Waals surface area (Å²) in [5.74, 6) is -0.366. The van der Waals surface area contributed by atoms with E-state index in [1.807, 2.05) is 0 Å². The maximum atomic E-state index is 12.4. The fraction of sp³-hybridized carbons (Fsp3) is 0.333. The third kappa shape index (κ3) is 3.76. The van der Waals surface area contributed by atoms with Gasteiger partial charge in [-0.25, -0.2) is 4.79 Å². The third-order valence-electron chi connectivity index (χ3n) is 4.14. The number of nitrogens with one attached hydrogen (secondary N) is 1. The lowest BCUT2D eigenvalue weighted by molar-refractivity contribution is -0.123. The molecule has 2 aromatic rings. The standard InChI is InChI=1S/C18H19NO4S/c20-17(15-2-1-3-16-14(15)8-11-24-16)19-9-10-23-13-6-4-12(5-7-13)18(21)22/h4-8,11,15H,1-3,9-10H2,(H,19,20)(H,21,22). The Morgan fingerprint density at radius 1 is 1.25 bits per heavy atom. The number of aryl methyl sites for hydroxylation is 1. The van der Waals surface area contributed by atoms with Crippen LogP contribution in [0.3, 0.4) is 0 Å². The van der Waals surface area contributed by atoms with E-state index in [9.17, 15) is 9.59 Å². The zero-order valence-electron chi connectivity index (χ0n) is 13.2. The molecule has 1 aromatic heterocycles. The number of thiophene rings is 1. The quantitative estimate of drug-likeness (QED) is 0.789. The van der Waals surface area contributed by atoms with Crippen molar-refractivity contribution in [3.63, 3.8) is 0 Å². The van der Waals surface area contributed by atoms with Gasteiger partial charge in [0, 0.05) is 4.88 Å². The Hall–Kier alpha value is -2.34. The summed E-state index contributed by atoms with van der Waals surface area (Å²) in [5.41, 5.74) is 1.40. The minimum absolute atomic E-state index is 0.0464. The lowest BCUT2D eigenvalue weighted by Gasteiger charge is -2.21. The van der Waals surface area contributed by atoms with Crippen LogP contribution >= 0.6 is 11.3 Å². The van der Waals surface area contributed by atoms with Gasteiger partial charge in [-0.3, -0.25) is 4.79 Å². The second kappa shape index (κ2) is 7.49. The molecule has 1 atom stereocenters. The molecule has 126 valence electrons. The van der Waals surface area contributed by atoms with Crippen LogP contribution in [0.25, 0.3) is 0 Å². The van der Waals surface area contributed by atoms with Gasteiger partial charge >= 0.3 is 5.97 Å². The predicted molar refractivity (Wildman–Crippen MR) is 91.9 cm³/mol. The monoisotopic (exact) mass is 345 g/mol. The van der Waals surface area contributed by atoms with Gasteiger partial charge in [-0.2, -0.15) is 0 Å². The van der Waals surface area contributed by atoms with E-state index in [0.29, 0.717) is 18.9 Å². The van der Waals surface area contributed by atoms with Gasteiger partial charge in [-0.15, -0.1) is 11.3 Å². The molecule has 24 heavy (non-hydrogen) atoms. The van der Waals surface area contributed by atoms with Gasteiger partial charge in [0.1, 0.15) is 12.4 Å². The lowest BCUT2D eigenvalue weighted by atomic mass is 9.87. The second-order valence-corrected chi connectivity index (χ2v) is 6.71. The molecule has 0 spiro atoms. The summed E-state index contributed by atoms with van der Waals surface area (Å²) in [6.07, 6.45) is 3.03. The van der Waals surface area contributed by atoms with Gasteiger partial charge in [-0.1, -0.05) is 0 Å². The minimum Gasteiger partial charge on any atom is -0.492 e. The molecule has 1 unspecified atom stereocenters. The number of rotatable bonds is 6. The molecule has 0 aliphatic heterocycles. The molecule has 0 saturated heterocycles. The van der Waals surface area contributed by atoms with E-state index >= 15 is 0 Å². The van der Waals surface area contributed by atoms with Crippen molar-refractivity contribution in [1.29, 1.82) is 0 Å². The van der Waals surface area contributed by atoms with Crippen LogP contribution in [-0.2, 0) is 11.2 Å². The van der Waals surface area contributed by atoms with Gasteiger partial charge in [0.15, 0.2) is 0 Å². The Morgan fingerprint density at radius 3 is 2.79 bits per heavy atom. The molecule has 1 amide bonds. The zero-order chi connectivity index (χ0) is 16.9. The third-order valence-corrected chi connectivity index (χ3v) is 5.14. The van der Waals surface area contributed by atoms with Crippen molar-refractivity contribution in [2.75, 3.05) is 13.2 Å². The molecule has 6 heteroatoms. The van der Waals surface area contributed by atoms with E-state index in [-0.39, 0.29) is 17.4 Å². The van der Waals surface area contributed by atoms with Crippen LogP contribution in [-0.4, -0.2) is 30.1 Å². The number of benzene rings is 1. The Kier molecular flexibility index (Phi) is 5.15. The van der Waals surface area contributed by atoms with Gasteiger partial charge in [0.2, 0.25) is 5.91 Å². The van der Waals surface area contributed by atoms with Crippen LogP contribution in [0.15, 0.2) is 35.7 Å². The molecule has 1 aliphatic carbocycles. The highest BCUT2D eigenvalue weighted by molar-refractivity contribution is 7.10. The van der Waals surface area contributed by atoms with E-state index in [0.717, 1.165) is 19.3 Å². The van der Waals surface area contributed by atoms with E-state index in [2.05, 4.69) is 16.8 Å². The number of carboxylic acids is 1. The number of fused-ring (bicyclic) bond motifs is 1. The first-order chi connectivity index (χ1) is 11.6. The van der Waals surface area contributed by atoms with Crippen molar-refractivity contribution in [3.05, 3.63) is 51.7 Å². The molecule has 0 saturated carbocycles. The number of aromatic carboxylic acids is 1. The number of carboxylic acid groups (broad SMARTS) is 1. The minimum atomic E-state index is -0.964. The molecule has 1 aromatic carbocycles. The van der Waals surface area contributed by atoms with Crippen LogP contribution in [0.5, 0.6) is 5.75 Å². The number of carbonyl (C=O) groups excluding carboxylic acids is 1. The van der Waals surface area contributed by atoms with Gasteiger partial charge in [0.05, 0.1) is 18.0 Å². The topological polar surface area (TPSA) is 75.6 Å². The highest BCUT2D eigenvalue weighted by Gasteiger charge is 2.26. The van der Waals surface area contributed by atoms with Crippen molar-refractivity contribution in [1.82, 2.24) is 5.32 Å². The maximum Gasteiger partial charge on any atom is 0.335 e. The normalized spacial score (nSPS) is 16.2. The summed E-state index contributed by atoms with van der Waals surface area (Å²) < 4.78 is 5.53. The Bertz CT molecular complexity index is 723. The fourth-order valence-corrected chi connectivity index (χ4v) is 3.91. The van der Waals surface area contributed by atoms with Gasteiger partial charge in [-0.05, 0) is 60.5 Å². The predicted octanol–water partition coefficient (Wildman–Crippen LogP) is 3.06. The van der Waals surface area contributed by atoms with E-state index in [1.54, 1.807) is 23.5 Å². The van der Waals surface area contributed by atoms with Crippen molar-refractivity contribution >= 4 is 23.2 Å². The van der Waals surface area contributed by atoms with Crippen molar-refractivity contribution in [2.45, 2.75) is 25.2 Å². The van der Waals surface area contributed by atoms with Gasteiger partial charge < -0.3 is 15.2 Å². The van der Waals surface area contributed by atoms with E-state index in [4.69, 9.17) is 9.84 Å². The molecule has 1 aliphatic rings. The number of hydrogen-bond donors (Lipinski definition) is 2. The largest absolute Gasteiger partial charge is 0.492 e. The van der Waals surface area contributed by atoms with Crippen LogP contribution in [0.1, 0.15) is 39.6 Å². The first-order valence-corrected chi connectivity index (χ1v) is 8.83. The highest BCUT2D eigenvalue weighted by Crippen LogP contribution is 2.34. The highest BCUT2D eigenvalue weighted by atomic mass is 32.1.